The van der Waals surface area contributed by atoms with Crippen molar-refractivity contribution in [2.75, 3.05) is 45.9 Å². The monoisotopic (exact) mass is 428 g/mol. The fourth-order valence-electron chi connectivity index (χ4n) is 1.88. The van der Waals surface area contributed by atoms with Crippen LogP contribution in [-0.2, 0) is 9.47 Å². The average molecular weight is 428 g/mol. The van der Waals surface area contributed by atoms with Crippen LogP contribution in [0.2, 0.25) is 0 Å². The van der Waals surface area contributed by atoms with Crippen molar-refractivity contribution in [3.63, 3.8) is 0 Å². The van der Waals surface area contributed by atoms with E-state index in [0.29, 0.717) is 38.8 Å². The number of morpholine rings is 1. The van der Waals surface area contributed by atoms with Gasteiger partial charge in [-0.2, -0.15) is 0 Å². The van der Waals surface area contributed by atoms with Crippen molar-refractivity contribution in [2.24, 2.45) is 10.7 Å². The lowest BCUT2D eigenvalue weighted by atomic mass is 10.2. The normalized spacial score (nSPS) is 16.0. The summed E-state index contributed by atoms with van der Waals surface area (Å²) < 4.78 is 10.6. The van der Waals surface area contributed by atoms with Crippen molar-refractivity contribution in [1.82, 2.24) is 9.80 Å². The number of hydrogen-bond donors (Lipinski definition) is 1. The number of carbonyl (C=O) groups is 1. The molecule has 1 aliphatic rings. The first kappa shape index (κ1) is 21.2. The summed E-state index contributed by atoms with van der Waals surface area (Å²) in [6.07, 6.45) is -0.315. The van der Waals surface area contributed by atoms with Crippen molar-refractivity contribution >= 4 is 36.0 Å². The molecule has 0 bridgehead atoms. The second-order valence-corrected chi connectivity index (χ2v) is 5.90. The molecule has 0 aromatic carbocycles. The van der Waals surface area contributed by atoms with Gasteiger partial charge < -0.3 is 25.0 Å². The molecule has 1 fully saturated rings. The third-order valence-corrected chi connectivity index (χ3v) is 3.01. The van der Waals surface area contributed by atoms with E-state index in [0.717, 1.165) is 13.1 Å². The van der Waals surface area contributed by atoms with Crippen LogP contribution in [0.4, 0.5) is 4.79 Å². The number of nitrogens with zero attached hydrogens (tertiary/aromatic N) is 3. The lowest BCUT2D eigenvalue weighted by Crippen LogP contribution is -2.45. The maximum Gasteiger partial charge on any atom is 0.410 e. The van der Waals surface area contributed by atoms with Crippen LogP contribution in [-0.4, -0.2) is 73.4 Å². The van der Waals surface area contributed by atoms with Crippen LogP contribution in [0.25, 0.3) is 0 Å². The van der Waals surface area contributed by atoms with Gasteiger partial charge in [0, 0.05) is 26.2 Å². The molecule has 0 saturated carbocycles. The number of amides is 1. The largest absolute Gasteiger partial charge is 0.444 e. The van der Waals surface area contributed by atoms with Crippen LogP contribution in [0.15, 0.2) is 4.99 Å². The Balaban J connectivity index is 0.00000441. The van der Waals surface area contributed by atoms with E-state index in [2.05, 4.69) is 4.99 Å². The Bertz CT molecular complexity index is 366. The second kappa shape index (κ2) is 10.1. The van der Waals surface area contributed by atoms with Gasteiger partial charge in [0.05, 0.1) is 19.8 Å². The molecule has 1 heterocycles. The van der Waals surface area contributed by atoms with Crippen molar-refractivity contribution in [2.45, 2.75) is 33.3 Å². The summed E-state index contributed by atoms with van der Waals surface area (Å²) in [5.74, 6) is 0.513. The second-order valence-electron chi connectivity index (χ2n) is 5.90. The number of carbonyl (C=O) groups excluding carboxylic acids is 1. The van der Waals surface area contributed by atoms with E-state index >= 15 is 0 Å². The van der Waals surface area contributed by atoms with E-state index in [1.165, 1.54) is 0 Å². The van der Waals surface area contributed by atoms with Crippen LogP contribution in [0.3, 0.4) is 0 Å². The Kier molecular flexibility index (Phi) is 9.74. The Morgan fingerprint density at radius 1 is 1.36 bits per heavy atom. The van der Waals surface area contributed by atoms with Gasteiger partial charge in [0.25, 0.3) is 0 Å². The zero-order valence-corrected chi connectivity index (χ0v) is 16.3. The molecule has 22 heavy (non-hydrogen) atoms. The fourth-order valence-corrected chi connectivity index (χ4v) is 1.88. The molecular weight excluding hydrogens is 399 g/mol. The predicted octanol–water partition coefficient (Wildman–Crippen LogP) is 1.51. The van der Waals surface area contributed by atoms with Crippen LogP contribution in [0, 0.1) is 0 Å². The van der Waals surface area contributed by atoms with Gasteiger partial charge in [-0.15, -0.1) is 24.0 Å². The highest BCUT2D eigenvalue weighted by atomic mass is 127. The summed E-state index contributed by atoms with van der Waals surface area (Å²) in [7, 11) is 0. The number of hydrogen-bond acceptors (Lipinski definition) is 4. The minimum Gasteiger partial charge on any atom is -0.444 e. The van der Waals surface area contributed by atoms with Gasteiger partial charge in [-0.05, 0) is 27.7 Å². The Morgan fingerprint density at radius 2 is 1.95 bits per heavy atom. The van der Waals surface area contributed by atoms with Gasteiger partial charge in [0.1, 0.15) is 5.60 Å². The Labute approximate surface area is 150 Å². The van der Waals surface area contributed by atoms with E-state index in [-0.39, 0.29) is 30.1 Å². The molecule has 0 aromatic rings. The third-order valence-electron chi connectivity index (χ3n) is 3.01. The number of rotatable bonds is 4. The molecular formula is C14H29IN4O3. The van der Waals surface area contributed by atoms with E-state index in [1.807, 2.05) is 32.6 Å². The molecule has 1 saturated heterocycles. The van der Waals surface area contributed by atoms with Gasteiger partial charge in [0.15, 0.2) is 5.96 Å². The SMILES string of the molecule is CCN(CCN=C(N)N1CCOCC1)C(=O)OC(C)(C)C.I. The molecule has 0 aliphatic carbocycles. The summed E-state index contributed by atoms with van der Waals surface area (Å²) in [6, 6.07) is 0. The molecule has 130 valence electrons. The summed E-state index contributed by atoms with van der Waals surface area (Å²) in [4.78, 5) is 19.9. The average Bonchev–Trinajstić information content (AvgIpc) is 2.42. The Morgan fingerprint density at radius 3 is 2.45 bits per heavy atom. The number of nitrogens with two attached hydrogens (primary N) is 1. The highest BCUT2D eigenvalue weighted by molar-refractivity contribution is 14.0. The van der Waals surface area contributed by atoms with Crippen LogP contribution >= 0.6 is 24.0 Å². The van der Waals surface area contributed by atoms with Crippen LogP contribution < -0.4 is 5.73 Å². The molecule has 1 amide bonds. The standard InChI is InChI=1S/C14H28N4O3.HI/c1-5-17(13(19)21-14(2,3)4)7-6-16-12(15)18-8-10-20-11-9-18;/h5-11H2,1-4H3,(H2,15,16);1H. The van der Waals surface area contributed by atoms with Gasteiger partial charge in [0.2, 0.25) is 0 Å². The summed E-state index contributed by atoms with van der Waals surface area (Å²) >= 11 is 0. The third kappa shape index (κ3) is 8.02. The van der Waals surface area contributed by atoms with E-state index in [9.17, 15) is 4.79 Å². The van der Waals surface area contributed by atoms with Crippen LogP contribution in [0.5, 0.6) is 0 Å². The fraction of sp³-hybridized carbons (Fsp3) is 0.857. The molecule has 0 unspecified atom stereocenters. The topological polar surface area (TPSA) is 80.4 Å². The highest BCUT2D eigenvalue weighted by Gasteiger charge is 2.20. The molecule has 0 spiro atoms. The minimum absolute atomic E-state index is 0. The maximum atomic E-state index is 12.0. The first-order valence-electron chi connectivity index (χ1n) is 7.44. The molecule has 7 nitrogen and oxygen atoms in total. The molecule has 2 N–H and O–H groups in total. The molecule has 8 heteroatoms. The van der Waals surface area contributed by atoms with Gasteiger partial charge in [-0.25, -0.2) is 4.79 Å². The summed E-state index contributed by atoms with van der Waals surface area (Å²) in [5.41, 5.74) is 5.45. The highest BCUT2D eigenvalue weighted by Crippen LogP contribution is 2.09. The lowest BCUT2D eigenvalue weighted by molar-refractivity contribution is 0.0266. The zero-order chi connectivity index (χ0) is 15.9. The van der Waals surface area contributed by atoms with Crippen molar-refractivity contribution in [1.29, 1.82) is 0 Å². The smallest absolute Gasteiger partial charge is 0.410 e. The van der Waals surface area contributed by atoms with E-state index < -0.39 is 5.60 Å². The van der Waals surface area contributed by atoms with Crippen molar-refractivity contribution in [3.8, 4) is 0 Å². The number of halogens is 1. The number of ether oxygens (including phenoxy) is 2. The molecule has 0 aromatic heterocycles. The van der Waals surface area contributed by atoms with E-state index in [1.54, 1.807) is 4.90 Å². The number of likely N-dealkylation sites (N-methyl/N-ethyl adjacent to an activating group) is 1. The van der Waals surface area contributed by atoms with Gasteiger partial charge >= 0.3 is 6.09 Å². The van der Waals surface area contributed by atoms with Gasteiger partial charge in [-0.3, -0.25) is 4.99 Å². The zero-order valence-electron chi connectivity index (χ0n) is 14.0. The maximum absolute atomic E-state index is 12.0. The van der Waals surface area contributed by atoms with Crippen molar-refractivity contribution in [3.05, 3.63) is 0 Å². The molecule has 0 radical (unpaired) electrons. The molecule has 1 rings (SSSR count). The van der Waals surface area contributed by atoms with Crippen molar-refractivity contribution < 1.29 is 14.3 Å². The first-order chi connectivity index (χ1) is 9.83. The summed E-state index contributed by atoms with van der Waals surface area (Å²) in [5, 5.41) is 0. The first-order valence-corrected chi connectivity index (χ1v) is 7.44. The van der Waals surface area contributed by atoms with E-state index in [4.69, 9.17) is 15.2 Å². The van der Waals surface area contributed by atoms with Gasteiger partial charge in [-0.1, -0.05) is 0 Å². The Hall–Kier alpha value is -0.770. The minimum atomic E-state index is -0.486. The molecule has 0 atom stereocenters. The quantitative estimate of drug-likeness (QED) is 0.417. The lowest BCUT2D eigenvalue weighted by Gasteiger charge is -2.28. The van der Waals surface area contributed by atoms with Crippen LogP contribution in [0.1, 0.15) is 27.7 Å². The predicted molar refractivity (Wildman–Crippen MR) is 97.8 cm³/mol. The number of guanidine groups is 1. The summed E-state index contributed by atoms with van der Waals surface area (Å²) in [6.45, 7) is 11.9. The number of aliphatic imine (C=N–C) groups is 1. The molecule has 1 aliphatic heterocycles.